The first-order chi connectivity index (χ1) is 5.84. The van der Waals surface area contributed by atoms with Gasteiger partial charge in [-0.1, -0.05) is 18.7 Å². The smallest absolute Gasteiger partial charge is 0.119 e. The van der Waals surface area contributed by atoms with Gasteiger partial charge in [-0.2, -0.15) is 0 Å². The van der Waals surface area contributed by atoms with Crippen molar-refractivity contribution in [1.82, 2.24) is 5.32 Å². The summed E-state index contributed by atoms with van der Waals surface area (Å²) in [6, 6.07) is 0. The first-order valence-electron chi connectivity index (χ1n) is 4.17. The molecule has 0 saturated heterocycles. The maximum atomic E-state index is 5.50. The molecule has 0 unspecified atom stereocenters. The highest BCUT2D eigenvalue weighted by atomic mass is 16.5. The Kier molecular flexibility index (Phi) is 3.61. The molecule has 0 aromatic rings. The molecule has 0 aliphatic carbocycles. The fourth-order valence-electron chi connectivity index (χ4n) is 1.07. The lowest BCUT2D eigenvalue weighted by Crippen LogP contribution is -2.17. The molecule has 1 rings (SSSR count). The van der Waals surface area contributed by atoms with Gasteiger partial charge in [0.05, 0.1) is 0 Å². The Morgan fingerprint density at radius 1 is 1.58 bits per heavy atom. The van der Waals surface area contributed by atoms with Crippen molar-refractivity contribution in [3.63, 3.8) is 0 Å². The van der Waals surface area contributed by atoms with Gasteiger partial charge in [-0.15, -0.1) is 0 Å². The van der Waals surface area contributed by atoms with E-state index in [9.17, 15) is 0 Å². The molecule has 0 aromatic carbocycles. The van der Waals surface area contributed by atoms with Crippen LogP contribution in [0.4, 0.5) is 0 Å². The largest absolute Gasteiger partial charge is 0.492 e. The average Bonchev–Trinajstić information content (AvgIpc) is 2.27. The minimum absolute atomic E-state index is 0.744. The Balaban J connectivity index is 2.67. The van der Waals surface area contributed by atoms with Crippen LogP contribution in [-0.2, 0) is 4.74 Å². The zero-order valence-electron chi connectivity index (χ0n) is 7.47. The second kappa shape index (κ2) is 4.78. The third-order valence-corrected chi connectivity index (χ3v) is 1.73. The van der Waals surface area contributed by atoms with E-state index in [1.54, 1.807) is 6.08 Å². The van der Waals surface area contributed by atoms with Gasteiger partial charge in [-0.3, -0.25) is 0 Å². The van der Waals surface area contributed by atoms with Crippen LogP contribution >= 0.6 is 0 Å². The summed E-state index contributed by atoms with van der Waals surface area (Å²) in [6.07, 6.45) is 5.60. The molecular weight excluding hydrogens is 150 g/mol. The van der Waals surface area contributed by atoms with Gasteiger partial charge in [0.25, 0.3) is 0 Å². The van der Waals surface area contributed by atoms with E-state index in [4.69, 9.17) is 4.74 Å². The summed E-state index contributed by atoms with van der Waals surface area (Å²) in [7, 11) is 0. The van der Waals surface area contributed by atoms with Gasteiger partial charge in [-0.05, 0) is 18.6 Å². The van der Waals surface area contributed by atoms with Gasteiger partial charge in [-0.25, -0.2) is 0 Å². The summed E-state index contributed by atoms with van der Waals surface area (Å²) < 4.78 is 5.50. The molecular formula is C10H15NO. The molecule has 0 atom stereocenters. The molecule has 0 radical (unpaired) electrons. The Hall–Kier alpha value is -1.02. The number of hydrogen-bond acceptors (Lipinski definition) is 2. The van der Waals surface area contributed by atoms with Crippen LogP contribution in [0.2, 0.25) is 0 Å². The molecule has 0 amide bonds. The third kappa shape index (κ3) is 2.55. The minimum atomic E-state index is 0.744. The molecule has 0 saturated carbocycles. The maximum absolute atomic E-state index is 5.50. The van der Waals surface area contributed by atoms with E-state index < -0.39 is 0 Å². The van der Waals surface area contributed by atoms with Crippen molar-refractivity contribution < 1.29 is 4.74 Å². The fraction of sp³-hybridized carbons (Fsp3) is 0.400. The van der Waals surface area contributed by atoms with Crippen LogP contribution in [0.15, 0.2) is 36.1 Å². The van der Waals surface area contributed by atoms with Gasteiger partial charge in [0.1, 0.15) is 12.4 Å². The number of rotatable bonds is 2. The van der Waals surface area contributed by atoms with Crippen LogP contribution in [0.1, 0.15) is 6.92 Å². The highest BCUT2D eigenvalue weighted by Crippen LogP contribution is 2.09. The molecule has 2 heteroatoms. The van der Waals surface area contributed by atoms with Crippen LogP contribution in [0.5, 0.6) is 0 Å². The standard InChI is InChI=1S/C10H15NO/c1-3-4-5-10-9(2)8-11-6-7-12-10/h3-5,11H,1,6-8H2,2H3/b5-4-. The predicted octanol–water partition coefficient (Wildman–Crippen LogP) is 1.62. The predicted molar refractivity (Wildman–Crippen MR) is 50.9 cm³/mol. The van der Waals surface area contributed by atoms with E-state index in [1.165, 1.54) is 5.57 Å². The Bertz CT molecular complexity index is 216. The van der Waals surface area contributed by atoms with Crippen molar-refractivity contribution in [3.8, 4) is 0 Å². The average molecular weight is 165 g/mol. The lowest BCUT2D eigenvalue weighted by molar-refractivity contribution is 0.231. The fourth-order valence-corrected chi connectivity index (χ4v) is 1.07. The summed E-state index contributed by atoms with van der Waals surface area (Å²) >= 11 is 0. The van der Waals surface area contributed by atoms with Gasteiger partial charge in [0.15, 0.2) is 0 Å². The van der Waals surface area contributed by atoms with Crippen molar-refractivity contribution >= 4 is 0 Å². The van der Waals surface area contributed by atoms with E-state index in [-0.39, 0.29) is 0 Å². The lowest BCUT2D eigenvalue weighted by atomic mass is 10.2. The van der Waals surface area contributed by atoms with Crippen LogP contribution in [0.3, 0.4) is 0 Å². The Morgan fingerprint density at radius 3 is 3.17 bits per heavy atom. The van der Waals surface area contributed by atoms with Gasteiger partial charge in [0, 0.05) is 13.1 Å². The van der Waals surface area contributed by atoms with Crippen molar-refractivity contribution in [2.75, 3.05) is 19.7 Å². The van der Waals surface area contributed by atoms with Crippen molar-refractivity contribution in [2.45, 2.75) is 6.92 Å². The van der Waals surface area contributed by atoms with E-state index >= 15 is 0 Å². The summed E-state index contributed by atoms with van der Waals surface area (Å²) in [5.74, 6) is 0.972. The summed E-state index contributed by atoms with van der Waals surface area (Å²) in [4.78, 5) is 0. The van der Waals surface area contributed by atoms with E-state index in [2.05, 4.69) is 18.8 Å². The van der Waals surface area contributed by atoms with Crippen LogP contribution in [0, 0.1) is 0 Å². The third-order valence-electron chi connectivity index (χ3n) is 1.73. The van der Waals surface area contributed by atoms with E-state index in [0.29, 0.717) is 0 Å². The monoisotopic (exact) mass is 165 g/mol. The van der Waals surface area contributed by atoms with Crippen molar-refractivity contribution in [3.05, 3.63) is 36.1 Å². The summed E-state index contributed by atoms with van der Waals surface area (Å²) in [6.45, 7) is 8.26. The first-order valence-corrected chi connectivity index (χ1v) is 4.17. The molecule has 0 bridgehead atoms. The molecule has 0 aromatic heterocycles. The number of hydrogen-bond donors (Lipinski definition) is 1. The molecule has 12 heavy (non-hydrogen) atoms. The van der Waals surface area contributed by atoms with E-state index in [1.807, 2.05) is 12.2 Å². The van der Waals surface area contributed by atoms with Crippen molar-refractivity contribution in [1.29, 1.82) is 0 Å². The second-order valence-corrected chi connectivity index (χ2v) is 2.76. The maximum Gasteiger partial charge on any atom is 0.119 e. The molecule has 1 heterocycles. The zero-order valence-corrected chi connectivity index (χ0v) is 7.47. The SMILES string of the molecule is C=C/C=C\C1=C(C)CNCCO1. The number of nitrogens with one attached hydrogen (secondary N) is 1. The van der Waals surface area contributed by atoms with E-state index in [0.717, 1.165) is 25.5 Å². The van der Waals surface area contributed by atoms with Gasteiger partial charge < -0.3 is 10.1 Å². The molecule has 0 spiro atoms. The summed E-state index contributed by atoms with van der Waals surface area (Å²) in [5, 5.41) is 3.26. The molecule has 2 nitrogen and oxygen atoms in total. The molecule has 1 N–H and O–H groups in total. The Labute approximate surface area is 73.6 Å². The van der Waals surface area contributed by atoms with Crippen molar-refractivity contribution in [2.24, 2.45) is 0 Å². The quantitative estimate of drug-likeness (QED) is 0.628. The van der Waals surface area contributed by atoms with Crippen LogP contribution in [0.25, 0.3) is 0 Å². The first kappa shape index (κ1) is 9.07. The highest BCUT2D eigenvalue weighted by molar-refractivity contribution is 5.22. The molecule has 1 aliphatic heterocycles. The lowest BCUT2D eigenvalue weighted by Gasteiger charge is -2.03. The Morgan fingerprint density at radius 2 is 2.42 bits per heavy atom. The second-order valence-electron chi connectivity index (χ2n) is 2.76. The normalized spacial score (nSPS) is 19.1. The topological polar surface area (TPSA) is 21.3 Å². The number of ether oxygens (including phenoxy) is 1. The van der Waals surface area contributed by atoms with Gasteiger partial charge in [0.2, 0.25) is 0 Å². The zero-order chi connectivity index (χ0) is 8.81. The van der Waals surface area contributed by atoms with Crippen LogP contribution < -0.4 is 5.32 Å². The highest BCUT2D eigenvalue weighted by Gasteiger charge is 2.04. The molecule has 1 aliphatic rings. The van der Waals surface area contributed by atoms with Crippen LogP contribution in [-0.4, -0.2) is 19.7 Å². The summed E-state index contributed by atoms with van der Waals surface area (Å²) in [5.41, 5.74) is 1.24. The molecule has 0 fully saturated rings. The minimum Gasteiger partial charge on any atom is -0.492 e. The van der Waals surface area contributed by atoms with Gasteiger partial charge >= 0.3 is 0 Å². The molecule has 66 valence electrons. The number of allylic oxidation sites excluding steroid dienone is 3.